The van der Waals surface area contributed by atoms with Crippen LogP contribution < -0.4 is 10.6 Å². The Morgan fingerprint density at radius 1 is 1.27 bits per heavy atom. The Kier molecular flexibility index (Phi) is 5.95. The van der Waals surface area contributed by atoms with E-state index in [2.05, 4.69) is 71.0 Å². The van der Waals surface area contributed by atoms with Gasteiger partial charge in [0.05, 0.1) is 12.2 Å². The number of hydrogen-bond acceptors (Lipinski definition) is 3. The van der Waals surface area contributed by atoms with E-state index in [1.54, 1.807) is 18.4 Å². The van der Waals surface area contributed by atoms with E-state index in [-0.39, 0.29) is 0 Å². The summed E-state index contributed by atoms with van der Waals surface area (Å²) in [5, 5.41) is 9.85. The lowest BCUT2D eigenvalue weighted by Crippen LogP contribution is -2.36. The summed E-state index contributed by atoms with van der Waals surface area (Å²) in [6, 6.07) is 8.47. The van der Waals surface area contributed by atoms with Crippen LogP contribution in [0.25, 0.3) is 0 Å². The number of thiazole rings is 1. The third kappa shape index (κ3) is 4.84. The van der Waals surface area contributed by atoms with Crippen LogP contribution in [0.5, 0.6) is 0 Å². The van der Waals surface area contributed by atoms with Gasteiger partial charge in [-0.3, -0.25) is 4.99 Å². The summed E-state index contributed by atoms with van der Waals surface area (Å²) in [5.74, 6) is 1.27. The highest BCUT2D eigenvalue weighted by Crippen LogP contribution is 2.17. The zero-order valence-electron chi connectivity index (χ0n) is 13.7. The van der Waals surface area contributed by atoms with Gasteiger partial charge in [-0.1, -0.05) is 43.7 Å². The van der Waals surface area contributed by atoms with Gasteiger partial charge in [-0.2, -0.15) is 0 Å². The molecule has 1 aromatic carbocycles. The largest absolute Gasteiger partial charge is 0.352 e. The average molecular weight is 316 g/mol. The van der Waals surface area contributed by atoms with E-state index >= 15 is 0 Å². The van der Waals surface area contributed by atoms with Gasteiger partial charge in [0, 0.05) is 19.0 Å². The molecule has 0 aliphatic rings. The van der Waals surface area contributed by atoms with Crippen LogP contribution in [-0.2, 0) is 13.1 Å². The first-order chi connectivity index (χ1) is 10.6. The summed E-state index contributed by atoms with van der Waals surface area (Å²) in [6.07, 6.45) is 0. The number of aliphatic imine (C=N–C) groups is 1. The number of hydrogen-bond donors (Lipinski definition) is 2. The van der Waals surface area contributed by atoms with Crippen molar-refractivity contribution in [1.29, 1.82) is 0 Å². The van der Waals surface area contributed by atoms with Crippen molar-refractivity contribution < 1.29 is 0 Å². The number of aromatic nitrogens is 1. The van der Waals surface area contributed by atoms with Gasteiger partial charge in [-0.05, 0) is 18.4 Å². The Hall–Kier alpha value is -1.88. The lowest BCUT2D eigenvalue weighted by atomic mass is 10.1. The second kappa shape index (κ2) is 7.94. The lowest BCUT2D eigenvalue weighted by molar-refractivity contribution is 0.785. The first-order valence-corrected chi connectivity index (χ1v) is 8.41. The van der Waals surface area contributed by atoms with Crippen molar-refractivity contribution in [1.82, 2.24) is 15.6 Å². The molecule has 0 amide bonds. The van der Waals surface area contributed by atoms with Gasteiger partial charge in [-0.25, -0.2) is 4.98 Å². The molecule has 2 N–H and O–H groups in total. The van der Waals surface area contributed by atoms with Gasteiger partial charge in [0.2, 0.25) is 0 Å². The van der Waals surface area contributed by atoms with Gasteiger partial charge >= 0.3 is 0 Å². The number of guanidine groups is 1. The van der Waals surface area contributed by atoms with Crippen LogP contribution in [0.1, 0.15) is 41.6 Å². The van der Waals surface area contributed by atoms with Crippen LogP contribution in [0.2, 0.25) is 0 Å². The fraction of sp³-hybridized carbons (Fsp3) is 0.412. The average Bonchev–Trinajstić information content (AvgIpc) is 2.97. The molecule has 1 aromatic heterocycles. The minimum Gasteiger partial charge on any atom is -0.352 e. The monoisotopic (exact) mass is 316 g/mol. The maximum atomic E-state index is 4.62. The van der Waals surface area contributed by atoms with Crippen LogP contribution in [0.3, 0.4) is 0 Å². The van der Waals surface area contributed by atoms with Crippen molar-refractivity contribution in [2.75, 3.05) is 7.05 Å². The molecule has 0 radical (unpaired) electrons. The molecule has 2 rings (SSSR count). The lowest BCUT2D eigenvalue weighted by Gasteiger charge is -2.11. The summed E-state index contributed by atoms with van der Waals surface area (Å²) >= 11 is 1.69. The minimum absolute atomic E-state index is 0.476. The van der Waals surface area contributed by atoms with E-state index in [1.807, 2.05) is 0 Å². The molecule has 0 aliphatic carbocycles. The predicted octanol–water partition coefficient (Wildman–Crippen LogP) is 3.44. The molecular formula is C17H24N4S. The highest BCUT2D eigenvalue weighted by Gasteiger charge is 2.06. The molecule has 0 saturated heterocycles. The van der Waals surface area contributed by atoms with Gasteiger partial charge in [0.25, 0.3) is 0 Å². The van der Waals surface area contributed by atoms with E-state index in [0.29, 0.717) is 12.5 Å². The van der Waals surface area contributed by atoms with Crippen molar-refractivity contribution in [2.45, 2.75) is 39.8 Å². The van der Waals surface area contributed by atoms with E-state index in [9.17, 15) is 0 Å². The van der Waals surface area contributed by atoms with E-state index in [0.717, 1.165) is 23.2 Å². The molecule has 0 unspecified atom stereocenters. The Balaban J connectivity index is 1.84. The fourth-order valence-corrected chi connectivity index (χ4v) is 2.95. The Morgan fingerprint density at radius 3 is 2.68 bits per heavy atom. The fourth-order valence-electron chi connectivity index (χ4n) is 2.06. The second-order valence-electron chi connectivity index (χ2n) is 5.59. The van der Waals surface area contributed by atoms with Crippen molar-refractivity contribution in [3.63, 3.8) is 0 Å². The minimum atomic E-state index is 0.476. The molecule has 0 fully saturated rings. The van der Waals surface area contributed by atoms with E-state index in [1.165, 1.54) is 11.1 Å². The smallest absolute Gasteiger partial charge is 0.191 e. The third-order valence-electron chi connectivity index (χ3n) is 3.33. The number of aryl methyl sites for hydroxylation is 1. The van der Waals surface area contributed by atoms with Crippen molar-refractivity contribution in [3.8, 4) is 0 Å². The quantitative estimate of drug-likeness (QED) is 0.656. The zero-order chi connectivity index (χ0) is 15.9. The molecule has 5 heteroatoms. The Bertz CT molecular complexity index is 631. The maximum absolute atomic E-state index is 4.62. The summed E-state index contributed by atoms with van der Waals surface area (Å²) < 4.78 is 0. The number of nitrogens with one attached hydrogen (secondary N) is 2. The maximum Gasteiger partial charge on any atom is 0.191 e. The van der Waals surface area contributed by atoms with Gasteiger partial charge in [-0.15, -0.1) is 11.3 Å². The van der Waals surface area contributed by atoms with Crippen LogP contribution >= 0.6 is 11.3 Å². The summed E-state index contributed by atoms with van der Waals surface area (Å²) in [4.78, 5) is 8.87. The highest BCUT2D eigenvalue weighted by molar-refractivity contribution is 7.09. The van der Waals surface area contributed by atoms with E-state index < -0.39 is 0 Å². The van der Waals surface area contributed by atoms with Crippen LogP contribution in [0, 0.1) is 6.92 Å². The number of rotatable bonds is 5. The summed E-state index contributed by atoms with van der Waals surface area (Å²) in [6.45, 7) is 7.88. The molecule has 2 aromatic rings. The molecule has 118 valence electrons. The highest BCUT2D eigenvalue weighted by atomic mass is 32.1. The molecule has 0 saturated carbocycles. The van der Waals surface area contributed by atoms with Crippen LogP contribution in [0.15, 0.2) is 34.6 Å². The number of nitrogens with zero attached hydrogens (tertiary/aromatic N) is 2. The second-order valence-corrected chi connectivity index (χ2v) is 6.53. The van der Waals surface area contributed by atoms with Crippen molar-refractivity contribution in [2.24, 2.45) is 4.99 Å². The Labute approximate surface area is 136 Å². The molecule has 22 heavy (non-hydrogen) atoms. The van der Waals surface area contributed by atoms with Gasteiger partial charge in [0.15, 0.2) is 5.96 Å². The molecule has 0 bridgehead atoms. The van der Waals surface area contributed by atoms with E-state index in [4.69, 9.17) is 0 Å². The SMILES string of the molecule is CN=C(NCc1cccc(C)c1)NCc1nc(C(C)C)cs1. The first kappa shape index (κ1) is 16.5. The first-order valence-electron chi connectivity index (χ1n) is 7.53. The summed E-state index contributed by atoms with van der Waals surface area (Å²) in [5.41, 5.74) is 3.68. The predicted molar refractivity (Wildman–Crippen MR) is 94.4 cm³/mol. The Morgan fingerprint density at radius 2 is 2.05 bits per heavy atom. The van der Waals surface area contributed by atoms with Gasteiger partial charge in [0.1, 0.15) is 5.01 Å². The zero-order valence-corrected chi connectivity index (χ0v) is 14.5. The normalized spacial score (nSPS) is 11.8. The van der Waals surface area contributed by atoms with Crippen LogP contribution in [0.4, 0.5) is 0 Å². The standard InChI is InChI=1S/C17H24N4S/c1-12(2)15-11-22-16(21-15)10-20-17(18-4)19-9-14-7-5-6-13(3)8-14/h5-8,11-12H,9-10H2,1-4H3,(H2,18,19,20). The molecule has 1 heterocycles. The molecule has 0 atom stereocenters. The molecule has 0 spiro atoms. The molecule has 4 nitrogen and oxygen atoms in total. The molecule has 0 aliphatic heterocycles. The van der Waals surface area contributed by atoms with Crippen molar-refractivity contribution in [3.05, 3.63) is 51.5 Å². The van der Waals surface area contributed by atoms with Crippen LogP contribution in [-0.4, -0.2) is 18.0 Å². The summed E-state index contributed by atoms with van der Waals surface area (Å²) in [7, 11) is 1.78. The third-order valence-corrected chi connectivity index (χ3v) is 4.20. The van der Waals surface area contributed by atoms with Gasteiger partial charge < -0.3 is 10.6 Å². The topological polar surface area (TPSA) is 49.3 Å². The molecular weight excluding hydrogens is 292 g/mol. The number of benzene rings is 1. The van der Waals surface area contributed by atoms with Crippen molar-refractivity contribution >= 4 is 17.3 Å².